The quantitative estimate of drug-likeness (QED) is 0.630. The van der Waals surface area contributed by atoms with Crippen LogP contribution < -0.4 is 19.9 Å². The molecule has 1 fully saturated rings. The number of rotatable bonds is 6. The molecule has 5 rings (SSSR count). The van der Waals surface area contributed by atoms with Gasteiger partial charge in [0.05, 0.1) is 19.1 Å². The van der Waals surface area contributed by atoms with Gasteiger partial charge in [0, 0.05) is 43.6 Å². The van der Waals surface area contributed by atoms with Gasteiger partial charge < -0.3 is 19.9 Å². The summed E-state index contributed by atoms with van der Waals surface area (Å²) in [4.78, 5) is 18.3. The smallest absolute Gasteiger partial charge is 0.225 e. The third kappa shape index (κ3) is 4.54. The highest BCUT2D eigenvalue weighted by atomic mass is 16.5. The molecule has 33 heavy (non-hydrogen) atoms. The molecule has 3 aromatic rings. The Bertz CT molecular complexity index is 1090. The van der Waals surface area contributed by atoms with E-state index in [2.05, 4.69) is 63.6 Å². The van der Waals surface area contributed by atoms with Gasteiger partial charge in [-0.1, -0.05) is 54.6 Å². The maximum absolute atomic E-state index is 13.4. The van der Waals surface area contributed by atoms with Gasteiger partial charge in [-0.05, 0) is 42.2 Å². The first-order valence-corrected chi connectivity index (χ1v) is 11.8. The standard InChI is InChI=1S/C28H31N3O2/c1-33-24-13-12-22-18-25(28(32)29-15-14-21-8-4-2-5-9-21)27-20-30(23-10-6-3-7-11-23)16-17-31(27)26(22)19-24/h2-13,19,25,27H,14-18,20H2,1H3,(H,29,32)/t25-,27+/m1/s1. The van der Waals surface area contributed by atoms with Crippen LogP contribution in [0.4, 0.5) is 11.4 Å². The molecule has 5 heteroatoms. The van der Waals surface area contributed by atoms with Crippen LogP contribution in [0.15, 0.2) is 78.9 Å². The van der Waals surface area contributed by atoms with Crippen molar-refractivity contribution >= 4 is 17.3 Å². The second-order valence-electron chi connectivity index (χ2n) is 8.87. The van der Waals surface area contributed by atoms with Crippen molar-refractivity contribution in [2.24, 2.45) is 5.92 Å². The van der Waals surface area contributed by atoms with Crippen LogP contribution in [0.3, 0.4) is 0 Å². The summed E-state index contributed by atoms with van der Waals surface area (Å²) in [7, 11) is 1.71. The maximum atomic E-state index is 13.4. The van der Waals surface area contributed by atoms with Crippen molar-refractivity contribution in [3.05, 3.63) is 90.0 Å². The van der Waals surface area contributed by atoms with Crippen LogP contribution in [0.25, 0.3) is 0 Å². The van der Waals surface area contributed by atoms with E-state index in [0.717, 1.165) is 38.2 Å². The average molecular weight is 442 g/mol. The first-order chi connectivity index (χ1) is 16.2. The van der Waals surface area contributed by atoms with Crippen LogP contribution in [-0.2, 0) is 17.6 Å². The Kier molecular flexibility index (Phi) is 6.20. The normalized spacial score (nSPS) is 19.4. The van der Waals surface area contributed by atoms with Gasteiger partial charge in [0.15, 0.2) is 0 Å². The minimum absolute atomic E-state index is 0.0896. The number of para-hydroxylation sites is 1. The van der Waals surface area contributed by atoms with Crippen LogP contribution in [-0.4, -0.2) is 45.2 Å². The minimum Gasteiger partial charge on any atom is -0.497 e. The van der Waals surface area contributed by atoms with Crippen LogP contribution in [0, 0.1) is 5.92 Å². The van der Waals surface area contributed by atoms with Gasteiger partial charge >= 0.3 is 0 Å². The lowest BCUT2D eigenvalue weighted by molar-refractivity contribution is -0.125. The van der Waals surface area contributed by atoms with Crippen LogP contribution >= 0.6 is 0 Å². The predicted octanol–water partition coefficient (Wildman–Crippen LogP) is 3.92. The zero-order valence-electron chi connectivity index (χ0n) is 19.1. The number of nitrogens with zero attached hydrogens (tertiary/aromatic N) is 2. The fraction of sp³-hybridized carbons (Fsp3) is 0.321. The molecule has 0 unspecified atom stereocenters. The van der Waals surface area contributed by atoms with Crippen molar-refractivity contribution in [3.8, 4) is 5.75 Å². The second-order valence-corrected chi connectivity index (χ2v) is 8.87. The SMILES string of the molecule is COc1ccc2c(c1)N1CCN(c3ccccc3)C[C@H]1[C@H](C(=O)NCCc1ccccc1)C2. The molecule has 2 heterocycles. The van der Waals surface area contributed by atoms with Crippen LogP contribution in [0.1, 0.15) is 11.1 Å². The summed E-state index contributed by atoms with van der Waals surface area (Å²) in [5, 5.41) is 3.23. The zero-order chi connectivity index (χ0) is 22.6. The lowest BCUT2D eigenvalue weighted by Crippen LogP contribution is -2.61. The molecule has 170 valence electrons. The van der Waals surface area contributed by atoms with Crippen molar-refractivity contribution in [1.82, 2.24) is 5.32 Å². The molecule has 5 nitrogen and oxygen atoms in total. The Morgan fingerprint density at radius 2 is 1.76 bits per heavy atom. The van der Waals surface area contributed by atoms with Crippen molar-refractivity contribution in [3.63, 3.8) is 0 Å². The summed E-state index contributed by atoms with van der Waals surface area (Å²) in [5.41, 5.74) is 4.90. The molecule has 1 saturated heterocycles. The number of carbonyl (C=O) groups excluding carboxylic acids is 1. The number of hydrogen-bond donors (Lipinski definition) is 1. The highest BCUT2D eigenvalue weighted by molar-refractivity contribution is 5.82. The summed E-state index contributed by atoms with van der Waals surface area (Å²) in [6.45, 7) is 3.30. The van der Waals surface area contributed by atoms with Crippen molar-refractivity contribution < 1.29 is 9.53 Å². The first-order valence-electron chi connectivity index (χ1n) is 11.8. The second kappa shape index (κ2) is 9.57. The molecule has 0 saturated carbocycles. The number of nitrogens with one attached hydrogen (secondary N) is 1. The molecule has 0 spiro atoms. The van der Waals surface area contributed by atoms with Crippen molar-refractivity contribution in [2.45, 2.75) is 18.9 Å². The molecule has 1 N–H and O–H groups in total. The lowest BCUT2D eigenvalue weighted by atomic mass is 9.83. The first kappa shape index (κ1) is 21.4. The average Bonchev–Trinajstić information content (AvgIpc) is 2.88. The molecule has 0 aliphatic carbocycles. The topological polar surface area (TPSA) is 44.8 Å². The van der Waals surface area contributed by atoms with Gasteiger partial charge in [-0.3, -0.25) is 4.79 Å². The molecular weight excluding hydrogens is 410 g/mol. The van der Waals surface area contributed by atoms with Crippen molar-refractivity contribution in [2.75, 3.05) is 43.1 Å². The van der Waals surface area contributed by atoms with Gasteiger partial charge in [-0.2, -0.15) is 0 Å². The number of anilines is 2. The zero-order valence-corrected chi connectivity index (χ0v) is 19.1. The van der Waals surface area contributed by atoms with E-state index in [4.69, 9.17) is 4.74 Å². The number of fused-ring (bicyclic) bond motifs is 3. The summed E-state index contributed by atoms with van der Waals surface area (Å²) in [6.07, 6.45) is 1.60. The fourth-order valence-corrected chi connectivity index (χ4v) is 5.18. The Morgan fingerprint density at radius 3 is 2.52 bits per heavy atom. The number of ether oxygens (including phenoxy) is 1. The largest absolute Gasteiger partial charge is 0.497 e. The molecular formula is C28H31N3O2. The van der Waals surface area contributed by atoms with Gasteiger partial charge in [0.1, 0.15) is 5.75 Å². The Hall–Kier alpha value is -3.47. The Labute approximate surface area is 196 Å². The van der Waals surface area contributed by atoms with Crippen molar-refractivity contribution in [1.29, 1.82) is 0 Å². The molecule has 0 aromatic heterocycles. The molecule has 0 radical (unpaired) electrons. The number of piperazine rings is 1. The Morgan fingerprint density at radius 1 is 1.00 bits per heavy atom. The molecule has 2 aliphatic heterocycles. The maximum Gasteiger partial charge on any atom is 0.225 e. The van der Waals surface area contributed by atoms with E-state index in [1.54, 1.807) is 7.11 Å². The number of hydrogen-bond acceptors (Lipinski definition) is 4. The third-order valence-electron chi connectivity index (χ3n) is 6.94. The highest BCUT2D eigenvalue weighted by Crippen LogP contribution is 2.38. The Balaban J connectivity index is 1.37. The van der Waals surface area contributed by atoms with E-state index >= 15 is 0 Å². The fourth-order valence-electron chi connectivity index (χ4n) is 5.18. The van der Waals surface area contributed by atoms with Crippen LogP contribution in [0.5, 0.6) is 5.75 Å². The van der Waals surface area contributed by atoms with Crippen LogP contribution in [0.2, 0.25) is 0 Å². The molecule has 1 amide bonds. The number of methoxy groups -OCH3 is 1. The number of benzene rings is 3. The third-order valence-corrected chi connectivity index (χ3v) is 6.94. The van der Waals surface area contributed by atoms with Gasteiger partial charge in [0.25, 0.3) is 0 Å². The van der Waals surface area contributed by atoms with E-state index in [0.29, 0.717) is 6.54 Å². The summed E-state index contributed by atoms with van der Waals surface area (Å²) >= 11 is 0. The summed E-state index contributed by atoms with van der Waals surface area (Å²) in [6, 6.07) is 27.2. The van der Waals surface area contributed by atoms with E-state index in [9.17, 15) is 4.79 Å². The minimum atomic E-state index is -0.0896. The van der Waals surface area contributed by atoms with Gasteiger partial charge in [-0.15, -0.1) is 0 Å². The van der Waals surface area contributed by atoms with E-state index in [1.165, 1.54) is 22.5 Å². The predicted molar refractivity (Wildman–Crippen MR) is 133 cm³/mol. The highest BCUT2D eigenvalue weighted by Gasteiger charge is 2.41. The summed E-state index contributed by atoms with van der Waals surface area (Å²) < 4.78 is 5.50. The van der Waals surface area contributed by atoms with E-state index < -0.39 is 0 Å². The molecule has 2 aliphatic rings. The molecule has 0 bridgehead atoms. The summed E-state index contributed by atoms with van der Waals surface area (Å²) in [5.74, 6) is 0.925. The lowest BCUT2D eigenvalue weighted by Gasteiger charge is -2.49. The van der Waals surface area contributed by atoms with E-state index in [1.807, 2.05) is 30.3 Å². The number of amides is 1. The number of carbonyl (C=O) groups is 1. The molecule has 3 aromatic carbocycles. The van der Waals surface area contributed by atoms with Gasteiger partial charge in [0.2, 0.25) is 5.91 Å². The monoisotopic (exact) mass is 441 g/mol. The van der Waals surface area contributed by atoms with E-state index in [-0.39, 0.29) is 17.9 Å². The molecule has 2 atom stereocenters. The van der Waals surface area contributed by atoms with Gasteiger partial charge in [-0.25, -0.2) is 0 Å².